The van der Waals surface area contributed by atoms with Gasteiger partial charge in [-0.3, -0.25) is 14.8 Å². The van der Waals surface area contributed by atoms with Crippen molar-refractivity contribution < 1.29 is 9.53 Å². The lowest BCUT2D eigenvalue weighted by Crippen LogP contribution is -2.34. The highest BCUT2D eigenvalue weighted by Crippen LogP contribution is 2.34. The lowest BCUT2D eigenvalue weighted by molar-refractivity contribution is -0.122. The lowest BCUT2D eigenvalue weighted by atomic mass is 9.88. The lowest BCUT2D eigenvalue weighted by Gasteiger charge is -2.30. The van der Waals surface area contributed by atoms with Crippen molar-refractivity contribution in [2.75, 3.05) is 11.9 Å². The number of hydrogen-bond acceptors (Lipinski definition) is 7. The number of nitrogens with zero attached hydrogens (tertiary/aromatic N) is 4. The minimum atomic E-state index is -0.387. The van der Waals surface area contributed by atoms with Gasteiger partial charge >= 0.3 is 0 Å². The van der Waals surface area contributed by atoms with Gasteiger partial charge in [-0.25, -0.2) is 9.97 Å². The fraction of sp³-hybridized carbons (Fsp3) is 0.500. The molecule has 3 aromatic heterocycles. The van der Waals surface area contributed by atoms with E-state index in [2.05, 4.69) is 53.5 Å². The minimum Gasteiger partial charge on any atom is -0.373 e. The number of nitrogens with one attached hydrogen (secondary N) is 2. The number of hydrogen-bond donors (Lipinski definition) is 2. The van der Waals surface area contributed by atoms with Crippen LogP contribution >= 0.6 is 0 Å². The van der Waals surface area contributed by atoms with Crippen LogP contribution in [0.4, 0.5) is 5.95 Å². The Kier molecular flexibility index (Phi) is 7.83. The second kappa shape index (κ2) is 10.8. The van der Waals surface area contributed by atoms with Crippen LogP contribution in [-0.2, 0) is 14.9 Å². The number of carbonyl (C=O) groups is 1. The van der Waals surface area contributed by atoms with Crippen molar-refractivity contribution in [1.82, 2.24) is 25.3 Å². The molecule has 202 valence electrons. The Labute approximate surface area is 226 Å². The number of pyridine rings is 2. The van der Waals surface area contributed by atoms with Crippen LogP contribution in [0.2, 0.25) is 0 Å². The fourth-order valence-corrected chi connectivity index (χ4v) is 4.81. The average molecular weight is 517 g/mol. The summed E-state index contributed by atoms with van der Waals surface area (Å²) in [7, 11) is 0. The van der Waals surface area contributed by atoms with Crippen LogP contribution in [0, 0.1) is 5.92 Å². The zero-order valence-corrected chi connectivity index (χ0v) is 23.7. The number of amides is 1. The standard InChI is InChI=1S/C30H40N6O2/c1-18(23-10-9-21(16-33-23)20-11-13-31-25(15-20)29(3,4)5)35-28-32-14-12-24(36-28)26-22(17-34-27(26)37)19(2)38-30(6,7)8/h9-16,18-19,22,26H,17H2,1-8H3,(H,34,37)(H,32,35,36)/t18-,19+,22?,26+/m0/s1. The number of aromatic nitrogens is 4. The smallest absolute Gasteiger partial charge is 0.229 e. The van der Waals surface area contributed by atoms with Gasteiger partial charge in [0.15, 0.2) is 0 Å². The summed E-state index contributed by atoms with van der Waals surface area (Å²) in [5.41, 5.74) is 4.42. The summed E-state index contributed by atoms with van der Waals surface area (Å²) in [6.45, 7) is 17.2. The van der Waals surface area contributed by atoms with Crippen LogP contribution < -0.4 is 10.6 Å². The molecule has 4 heterocycles. The molecule has 1 saturated heterocycles. The summed E-state index contributed by atoms with van der Waals surface area (Å²) in [6.07, 6.45) is 5.33. The Bertz CT molecular complexity index is 1260. The zero-order valence-electron chi connectivity index (χ0n) is 23.7. The first-order valence-corrected chi connectivity index (χ1v) is 13.3. The summed E-state index contributed by atoms with van der Waals surface area (Å²) in [5.74, 6) is 0.0396. The van der Waals surface area contributed by atoms with Crippen molar-refractivity contribution in [2.45, 2.75) is 84.5 Å². The van der Waals surface area contributed by atoms with E-state index in [1.807, 2.05) is 65.2 Å². The third kappa shape index (κ3) is 6.54. The molecule has 4 rings (SSSR count). The molecular weight excluding hydrogens is 476 g/mol. The van der Waals surface area contributed by atoms with Gasteiger partial charge in [0.25, 0.3) is 0 Å². The summed E-state index contributed by atoms with van der Waals surface area (Å²) in [6, 6.07) is 9.90. The third-order valence-corrected chi connectivity index (χ3v) is 6.80. The van der Waals surface area contributed by atoms with Crippen molar-refractivity contribution in [3.8, 4) is 11.1 Å². The van der Waals surface area contributed by atoms with E-state index in [-0.39, 0.29) is 40.9 Å². The van der Waals surface area contributed by atoms with E-state index in [0.717, 1.165) is 22.5 Å². The number of ether oxygens (including phenoxy) is 1. The molecule has 0 aromatic carbocycles. The van der Waals surface area contributed by atoms with Crippen molar-refractivity contribution in [2.24, 2.45) is 5.92 Å². The molecule has 1 fully saturated rings. The molecule has 2 N–H and O–H groups in total. The van der Waals surface area contributed by atoms with Gasteiger partial charge in [-0.2, -0.15) is 0 Å². The highest BCUT2D eigenvalue weighted by molar-refractivity contribution is 5.86. The van der Waals surface area contributed by atoms with Crippen molar-refractivity contribution in [1.29, 1.82) is 0 Å². The molecule has 8 heteroatoms. The maximum atomic E-state index is 12.8. The molecule has 3 aromatic rings. The highest BCUT2D eigenvalue weighted by Gasteiger charge is 2.41. The molecule has 0 aliphatic carbocycles. The second-order valence-electron chi connectivity index (χ2n) is 12.1. The number of carbonyl (C=O) groups excluding carboxylic acids is 1. The maximum absolute atomic E-state index is 12.8. The minimum absolute atomic E-state index is 0.0110. The van der Waals surface area contributed by atoms with Crippen molar-refractivity contribution in [3.05, 3.63) is 66.0 Å². The van der Waals surface area contributed by atoms with Gasteiger partial charge in [-0.15, -0.1) is 0 Å². The van der Waals surface area contributed by atoms with E-state index in [4.69, 9.17) is 14.7 Å². The van der Waals surface area contributed by atoms with Gasteiger partial charge in [0.1, 0.15) is 0 Å². The Morgan fingerprint density at radius 2 is 1.71 bits per heavy atom. The molecule has 1 unspecified atom stereocenters. The molecule has 1 aliphatic heterocycles. The molecule has 0 spiro atoms. The summed E-state index contributed by atoms with van der Waals surface area (Å²) in [5, 5.41) is 6.34. The SMILES string of the molecule is C[C@H](Nc1nccc([C@@H]2C(=O)NCC2[C@@H](C)OC(C)(C)C)n1)c1ccc(-c2ccnc(C(C)(C)C)c2)cn1. The molecule has 8 nitrogen and oxygen atoms in total. The first kappa shape index (κ1) is 27.6. The van der Waals surface area contributed by atoms with Crippen molar-refractivity contribution >= 4 is 11.9 Å². The van der Waals surface area contributed by atoms with Gasteiger partial charge in [0.2, 0.25) is 11.9 Å². The van der Waals surface area contributed by atoms with Gasteiger partial charge in [0.05, 0.1) is 35.1 Å². The normalized spacial score (nSPS) is 19.6. The molecule has 4 atom stereocenters. The predicted molar refractivity (Wildman–Crippen MR) is 150 cm³/mol. The van der Waals surface area contributed by atoms with Gasteiger partial charge in [0, 0.05) is 47.7 Å². The van der Waals surface area contributed by atoms with E-state index >= 15 is 0 Å². The molecule has 1 aliphatic rings. The van der Waals surface area contributed by atoms with Crippen LogP contribution in [0.1, 0.15) is 84.4 Å². The highest BCUT2D eigenvalue weighted by atomic mass is 16.5. The number of rotatable bonds is 7. The third-order valence-electron chi connectivity index (χ3n) is 6.80. The van der Waals surface area contributed by atoms with Gasteiger partial charge in [-0.05, 0) is 64.4 Å². The van der Waals surface area contributed by atoms with Gasteiger partial charge < -0.3 is 15.4 Å². The molecule has 1 amide bonds. The summed E-state index contributed by atoms with van der Waals surface area (Å²) in [4.78, 5) is 31.1. The largest absolute Gasteiger partial charge is 0.373 e. The van der Waals surface area contributed by atoms with Crippen LogP contribution in [0.15, 0.2) is 48.9 Å². The monoisotopic (exact) mass is 516 g/mol. The molecule has 0 radical (unpaired) electrons. The Morgan fingerprint density at radius 1 is 0.974 bits per heavy atom. The first-order valence-electron chi connectivity index (χ1n) is 13.3. The quantitative estimate of drug-likeness (QED) is 0.431. The van der Waals surface area contributed by atoms with E-state index in [0.29, 0.717) is 18.2 Å². The van der Waals surface area contributed by atoms with Crippen LogP contribution in [0.5, 0.6) is 0 Å². The summed E-state index contributed by atoms with van der Waals surface area (Å²) < 4.78 is 6.18. The molecule has 0 saturated carbocycles. The molecular formula is C30H40N6O2. The Hall–Kier alpha value is -3.39. The number of anilines is 1. The van der Waals surface area contributed by atoms with Crippen LogP contribution in [0.25, 0.3) is 11.1 Å². The van der Waals surface area contributed by atoms with E-state index < -0.39 is 0 Å². The van der Waals surface area contributed by atoms with Crippen LogP contribution in [-0.4, -0.2) is 44.1 Å². The first-order chi connectivity index (χ1) is 17.8. The maximum Gasteiger partial charge on any atom is 0.229 e. The Balaban J connectivity index is 1.48. The van der Waals surface area contributed by atoms with Crippen LogP contribution in [0.3, 0.4) is 0 Å². The summed E-state index contributed by atoms with van der Waals surface area (Å²) >= 11 is 0. The van der Waals surface area contributed by atoms with E-state index in [1.54, 1.807) is 6.20 Å². The Morgan fingerprint density at radius 3 is 2.37 bits per heavy atom. The molecule has 0 bridgehead atoms. The van der Waals surface area contributed by atoms with E-state index in [1.165, 1.54) is 0 Å². The fourth-order valence-electron chi connectivity index (χ4n) is 4.81. The zero-order chi connectivity index (χ0) is 27.7. The van der Waals surface area contributed by atoms with Crippen molar-refractivity contribution in [3.63, 3.8) is 0 Å². The second-order valence-corrected chi connectivity index (χ2v) is 12.1. The van der Waals surface area contributed by atoms with Gasteiger partial charge in [-0.1, -0.05) is 26.8 Å². The predicted octanol–water partition coefficient (Wildman–Crippen LogP) is 5.44. The average Bonchev–Trinajstić information content (AvgIpc) is 3.24. The van der Waals surface area contributed by atoms with E-state index in [9.17, 15) is 4.79 Å². The molecule has 38 heavy (non-hydrogen) atoms. The topological polar surface area (TPSA) is 102 Å².